The highest BCUT2D eigenvalue weighted by Crippen LogP contribution is 2.18. The summed E-state index contributed by atoms with van der Waals surface area (Å²) in [7, 11) is -1.77. The lowest BCUT2D eigenvalue weighted by Crippen LogP contribution is -2.49. The SMILES string of the molecule is CNCCCNC(=O)c1ccc(S(=O)(=O)N2CCN(C(C)=O)CC2)cc1.Cl. The second-order valence-electron chi connectivity index (χ2n) is 6.15. The molecule has 1 saturated heterocycles. The summed E-state index contributed by atoms with van der Waals surface area (Å²) < 4.78 is 26.8. The van der Waals surface area contributed by atoms with Crippen LogP contribution in [0.15, 0.2) is 29.2 Å². The molecule has 2 rings (SSSR count). The van der Waals surface area contributed by atoms with E-state index < -0.39 is 10.0 Å². The fourth-order valence-corrected chi connectivity index (χ4v) is 4.16. The Morgan fingerprint density at radius 2 is 1.63 bits per heavy atom. The summed E-state index contributed by atoms with van der Waals surface area (Å²) in [6.07, 6.45) is 0.820. The van der Waals surface area contributed by atoms with Crippen LogP contribution >= 0.6 is 12.4 Å². The first-order valence-corrected chi connectivity index (χ1v) is 10.1. The minimum atomic E-state index is -3.62. The van der Waals surface area contributed by atoms with Crippen molar-refractivity contribution >= 4 is 34.2 Å². The Kier molecular flexibility index (Phi) is 9.17. The smallest absolute Gasteiger partial charge is 0.251 e. The summed E-state index contributed by atoms with van der Waals surface area (Å²) in [5.74, 6) is -0.271. The number of hydrogen-bond acceptors (Lipinski definition) is 5. The number of hydrogen-bond donors (Lipinski definition) is 2. The zero-order valence-corrected chi connectivity index (χ0v) is 17.2. The maximum atomic E-state index is 12.7. The fourth-order valence-electron chi connectivity index (χ4n) is 2.74. The Hall–Kier alpha value is -1.68. The van der Waals surface area contributed by atoms with Gasteiger partial charge in [0.05, 0.1) is 4.90 Å². The molecule has 1 aromatic rings. The highest BCUT2D eigenvalue weighted by atomic mass is 35.5. The van der Waals surface area contributed by atoms with Gasteiger partial charge in [0, 0.05) is 45.2 Å². The van der Waals surface area contributed by atoms with Gasteiger partial charge < -0.3 is 15.5 Å². The van der Waals surface area contributed by atoms with Gasteiger partial charge in [-0.3, -0.25) is 9.59 Å². The minimum Gasteiger partial charge on any atom is -0.352 e. The molecule has 0 bridgehead atoms. The molecule has 1 aliphatic heterocycles. The molecule has 0 aliphatic carbocycles. The van der Waals surface area contributed by atoms with Crippen LogP contribution in [0, 0.1) is 0 Å². The van der Waals surface area contributed by atoms with Crippen LogP contribution in [0.3, 0.4) is 0 Å². The van der Waals surface area contributed by atoms with Crippen molar-refractivity contribution in [2.24, 2.45) is 0 Å². The predicted octanol–water partition coefficient (Wildman–Crippen LogP) is 0.301. The van der Waals surface area contributed by atoms with E-state index >= 15 is 0 Å². The number of benzene rings is 1. The molecule has 2 N–H and O–H groups in total. The van der Waals surface area contributed by atoms with Gasteiger partial charge in [0.25, 0.3) is 5.91 Å². The van der Waals surface area contributed by atoms with Crippen molar-refractivity contribution in [3.8, 4) is 0 Å². The molecule has 0 atom stereocenters. The Balaban J connectivity index is 0.00000364. The maximum absolute atomic E-state index is 12.7. The molecule has 1 aromatic carbocycles. The summed E-state index contributed by atoms with van der Waals surface area (Å²) in [4.78, 5) is 25.2. The largest absolute Gasteiger partial charge is 0.352 e. The van der Waals surface area contributed by atoms with Crippen molar-refractivity contribution < 1.29 is 18.0 Å². The van der Waals surface area contributed by atoms with Crippen LogP contribution in [0.1, 0.15) is 23.7 Å². The van der Waals surface area contributed by atoms with Crippen LogP contribution in [0.25, 0.3) is 0 Å². The number of rotatable bonds is 7. The van der Waals surface area contributed by atoms with Crippen LogP contribution in [-0.4, -0.2) is 75.8 Å². The van der Waals surface area contributed by atoms with Gasteiger partial charge in [0.1, 0.15) is 0 Å². The van der Waals surface area contributed by atoms with Crippen LogP contribution in [0.2, 0.25) is 0 Å². The lowest BCUT2D eigenvalue weighted by molar-refractivity contribution is -0.129. The average Bonchev–Trinajstić information content (AvgIpc) is 2.65. The number of amides is 2. The van der Waals surface area contributed by atoms with Gasteiger partial charge in [-0.1, -0.05) is 0 Å². The van der Waals surface area contributed by atoms with Crippen molar-refractivity contribution in [1.29, 1.82) is 0 Å². The van der Waals surface area contributed by atoms with Gasteiger partial charge >= 0.3 is 0 Å². The van der Waals surface area contributed by atoms with Crippen molar-refractivity contribution in [3.63, 3.8) is 0 Å². The zero-order valence-electron chi connectivity index (χ0n) is 15.6. The summed E-state index contributed by atoms with van der Waals surface area (Å²) >= 11 is 0. The Morgan fingerprint density at radius 1 is 1.04 bits per heavy atom. The van der Waals surface area contributed by atoms with E-state index in [1.165, 1.54) is 35.5 Å². The quantitative estimate of drug-likeness (QED) is 0.620. The second kappa shape index (κ2) is 10.6. The monoisotopic (exact) mass is 418 g/mol. The third-order valence-electron chi connectivity index (χ3n) is 4.33. The second-order valence-corrected chi connectivity index (χ2v) is 8.09. The molecule has 0 aromatic heterocycles. The van der Waals surface area contributed by atoms with E-state index in [2.05, 4.69) is 10.6 Å². The topological polar surface area (TPSA) is 98.8 Å². The number of nitrogens with zero attached hydrogens (tertiary/aromatic N) is 2. The molecule has 1 aliphatic rings. The number of nitrogens with one attached hydrogen (secondary N) is 2. The molecule has 152 valence electrons. The molecule has 27 heavy (non-hydrogen) atoms. The third-order valence-corrected chi connectivity index (χ3v) is 6.24. The van der Waals surface area contributed by atoms with E-state index in [0.717, 1.165) is 13.0 Å². The van der Waals surface area contributed by atoms with Gasteiger partial charge in [-0.15, -0.1) is 12.4 Å². The normalized spacial score (nSPS) is 15.1. The van der Waals surface area contributed by atoms with Crippen molar-refractivity contribution in [2.75, 3.05) is 46.3 Å². The predicted molar refractivity (Wildman–Crippen MR) is 106 cm³/mol. The van der Waals surface area contributed by atoms with Crippen LogP contribution < -0.4 is 10.6 Å². The fraction of sp³-hybridized carbons (Fsp3) is 0.529. The lowest BCUT2D eigenvalue weighted by Gasteiger charge is -2.33. The Labute approximate surface area is 166 Å². The number of carbonyl (C=O) groups excluding carboxylic acids is 2. The molecule has 1 fully saturated rings. The van der Waals surface area contributed by atoms with E-state index in [0.29, 0.717) is 25.2 Å². The minimum absolute atomic E-state index is 0. The molecular formula is C17H27ClN4O4S. The first-order valence-electron chi connectivity index (χ1n) is 8.65. The van der Waals surface area contributed by atoms with Gasteiger partial charge in [0.15, 0.2) is 0 Å². The number of halogens is 1. The lowest BCUT2D eigenvalue weighted by atomic mass is 10.2. The summed E-state index contributed by atoms with van der Waals surface area (Å²) in [5, 5.41) is 5.80. The first kappa shape index (κ1) is 23.4. The summed E-state index contributed by atoms with van der Waals surface area (Å²) in [5.41, 5.74) is 0.426. The van der Waals surface area contributed by atoms with Crippen molar-refractivity contribution in [1.82, 2.24) is 19.8 Å². The van der Waals surface area contributed by atoms with Gasteiger partial charge in [-0.2, -0.15) is 4.31 Å². The Bertz CT molecular complexity index is 732. The van der Waals surface area contributed by atoms with Crippen molar-refractivity contribution in [3.05, 3.63) is 29.8 Å². The molecule has 0 unspecified atom stereocenters. The van der Waals surface area contributed by atoms with E-state index in [1.807, 2.05) is 7.05 Å². The van der Waals surface area contributed by atoms with Crippen molar-refractivity contribution in [2.45, 2.75) is 18.2 Å². The standard InChI is InChI=1S/C17H26N4O4S.ClH/c1-14(22)20-10-12-21(13-11-20)26(24,25)16-6-4-15(5-7-16)17(23)19-9-3-8-18-2;/h4-7,18H,3,8-13H2,1-2H3,(H,19,23);1H. The molecule has 1 heterocycles. The molecule has 0 radical (unpaired) electrons. The van der Waals surface area contributed by atoms with Crippen LogP contribution in [0.5, 0.6) is 0 Å². The summed E-state index contributed by atoms with van der Waals surface area (Å²) in [6, 6.07) is 5.95. The Morgan fingerprint density at radius 3 is 2.15 bits per heavy atom. The highest BCUT2D eigenvalue weighted by Gasteiger charge is 2.29. The molecule has 0 saturated carbocycles. The van der Waals surface area contributed by atoms with E-state index in [1.54, 1.807) is 4.90 Å². The van der Waals surface area contributed by atoms with Crippen LogP contribution in [0.4, 0.5) is 0 Å². The number of sulfonamides is 1. The van der Waals surface area contributed by atoms with Gasteiger partial charge in [-0.05, 0) is 44.3 Å². The molecular weight excluding hydrogens is 392 g/mol. The third kappa shape index (κ3) is 6.17. The average molecular weight is 419 g/mol. The molecule has 10 heteroatoms. The maximum Gasteiger partial charge on any atom is 0.251 e. The van der Waals surface area contributed by atoms with E-state index in [4.69, 9.17) is 0 Å². The molecule has 2 amide bonds. The first-order chi connectivity index (χ1) is 12.4. The highest BCUT2D eigenvalue weighted by molar-refractivity contribution is 7.89. The van der Waals surface area contributed by atoms with E-state index in [-0.39, 0.29) is 42.2 Å². The van der Waals surface area contributed by atoms with E-state index in [9.17, 15) is 18.0 Å². The van der Waals surface area contributed by atoms with Crippen LogP contribution in [-0.2, 0) is 14.8 Å². The molecule has 0 spiro atoms. The van der Waals surface area contributed by atoms with Gasteiger partial charge in [0.2, 0.25) is 15.9 Å². The molecule has 8 nitrogen and oxygen atoms in total. The van der Waals surface area contributed by atoms with Gasteiger partial charge in [-0.25, -0.2) is 8.42 Å². The number of carbonyl (C=O) groups is 2. The zero-order chi connectivity index (χ0) is 19.2. The summed E-state index contributed by atoms with van der Waals surface area (Å²) in [6.45, 7) is 4.18. The number of piperazine rings is 1.